The van der Waals surface area contributed by atoms with Crippen LogP contribution in [0, 0.1) is 0 Å². The number of benzene rings is 2. The minimum absolute atomic E-state index is 0.0575. The molecule has 0 saturated heterocycles. The molecule has 2 aromatic rings. The Hall–Kier alpha value is -2.04. The molecule has 0 aliphatic carbocycles. The van der Waals surface area contributed by atoms with Gasteiger partial charge in [0, 0.05) is 22.7 Å². The SMILES string of the molecule is O=C(Cc1ccccc1O)NC[C@@H](O)c1ccccc1Cl. The number of halogens is 1. The molecule has 0 aliphatic rings. The van der Waals surface area contributed by atoms with Crippen molar-refractivity contribution in [3.63, 3.8) is 0 Å². The summed E-state index contributed by atoms with van der Waals surface area (Å²) in [6.45, 7) is 0.0656. The van der Waals surface area contributed by atoms with Crippen LogP contribution in [0.4, 0.5) is 0 Å². The molecule has 0 spiro atoms. The molecule has 0 fully saturated rings. The van der Waals surface area contributed by atoms with E-state index in [0.717, 1.165) is 0 Å². The Balaban J connectivity index is 1.90. The zero-order valence-electron chi connectivity index (χ0n) is 11.3. The van der Waals surface area contributed by atoms with Gasteiger partial charge in [-0.15, -0.1) is 0 Å². The van der Waals surface area contributed by atoms with Gasteiger partial charge in [0.1, 0.15) is 5.75 Å². The Labute approximate surface area is 128 Å². The number of phenolic OH excluding ortho intramolecular Hbond substituents is 1. The normalized spacial score (nSPS) is 11.9. The van der Waals surface area contributed by atoms with E-state index in [9.17, 15) is 15.0 Å². The maximum Gasteiger partial charge on any atom is 0.224 e. The molecule has 1 atom stereocenters. The van der Waals surface area contributed by atoms with E-state index in [0.29, 0.717) is 16.1 Å². The van der Waals surface area contributed by atoms with Gasteiger partial charge in [0.05, 0.1) is 12.5 Å². The summed E-state index contributed by atoms with van der Waals surface area (Å²) in [5.41, 5.74) is 1.12. The summed E-state index contributed by atoms with van der Waals surface area (Å²) in [4.78, 5) is 11.8. The molecule has 1 amide bonds. The molecule has 0 aromatic heterocycles. The number of rotatable bonds is 5. The van der Waals surface area contributed by atoms with Crippen LogP contribution >= 0.6 is 11.6 Å². The molecular formula is C16H16ClNO3. The second-order valence-electron chi connectivity index (χ2n) is 4.65. The summed E-state index contributed by atoms with van der Waals surface area (Å²) in [6.07, 6.45) is -0.811. The van der Waals surface area contributed by atoms with Gasteiger partial charge in [-0.25, -0.2) is 0 Å². The molecule has 5 heteroatoms. The summed E-state index contributed by atoms with van der Waals surface area (Å²) in [7, 11) is 0. The average Bonchev–Trinajstić information content (AvgIpc) is 2.48. The molecular weight excluding hydrogens is 290 g/mol. The van der Waals surface area contributed by atoms with Gasteiger partial charge in [0.15, 0.2) is 0 Å². The molecule has 0 saturated carbocycles. The van der Waals surface area contributed by atoms with Crippen LogP contribution in [0.2, 0.25) is 5.02 Å². The average molecular weight is 306 g/mol. The molecule has 110 valence electrons. The third-order valence-electron chi connectivity index (χ3n) is 3.10. The minimum atomic E-state index is -0.868. The first-order valence-corrected chi connectivity index (χ1v) is 6.92. The summed E-state index contributed by atoms with van der Waals surface area (Å²) >= 11 is 5.98. The minimum Gasteiger partial charge on any atom is -0.508 e. The van der Waals surface area contributed by atoms with E-state index in [2.05, 4.69) is 5.32 Å². The number of aliphatic hydroxyl groups excluding tert-OH is 1. The first-order chi connectivity index (χ1) is 10.1. The van der Waals surface area contributed by atoms with Crippen molar-refractivity contribution in [1.29, 1.82) is 0 Å². The largest absolute Gasteiger partial charge is 0.508 e. The first-order valence-electron chi connectivity index (χ1n) is 6.54. The van der Waals surface area contributed by atoms with Crippen molar-refractivity contribution < 1.29 is 15.0 Å². The maximum absolute atomic E-state index is 11.8. The van der Waals surface area contributed by atoms with E-state index in [1.165, 1.54) is 6.07 Å². The van der Waals surface area contributed by atoms with Crippen LogP contribution in [0.25, 0.3) is 0 Å². The Morgan fingerprint density at radius 3 is 2.52 bits per heavy atom. The van der Waals surface area contributed by atoms with Crippen LogP contribution in [0.15, 0.2) is 48.5 Å². The van der Waals surface area contributed by atoms with Gasteiger partial charge in [-0.3, -0.25) is 4.79 Å². The van der Waals surface area contributed by atoms with Gasteiger partial charge in [-0.2, -0.15) is 0 Å². The van der Waals surface area contributed by atoms with E-state index in [4.69, 9.17) is 11.6 Å². The highest BCUT2D eigenvalue weighted by Gasteiger charge is 2.13. The molecule has 3 N–H and O–H groups in total. The smallest absolute Gasteiger partial charge is 0.224 e. The standard InChI is InChI=1S/C16H16ClNO3/c17-13-7-3-2-6-12(13)15(20)10-18-16(21)9-11-5-1-4-8-14(11)19/h1-8,15,19-20H,9-10H2,(H,18,21)/t15-/m1/s1. The van der Waals surface area contributed by atoms with Crippen molar-refractivity contribution in [2.75, 3.05) is 6.54 Å². The summed E-state index contributed by atoms with van der Waals surface area (Å²) < 4.78 is 0. The van der Waals surface area contributed by atoms with Crippen LogP contribution in [0.5, 0.6) is 5.75 Å². The lowest BCUT2D eigenvalue weighted by molar-refractivity contribution is -0.120. The molecule has 0 unspecified atom stereocenters. The third kappa shape index (κ3) is 4.21. The highest BCUT2D eigenvalue weighted by atomic mass is 35.5. The van der Waals surface area contributed by atoms with E-state index in [1.54, 1.807) is 42.5 Å². The number of aliphatic hydroxyl groups is 1. The van der Waals surface area contributed by atoms with Crippen molar-refractivity contribution in [3.8, 4) is 5.75 Å². The summed E-state index contributed by atoms with van der Waals surface area (Å²) in [5.74, 6) is -0.193. The summed E-state index contributed by atoms with van der Waals surface area (Å²) in [6, 6.07) is 13.6. The predicted octanol–water partition coefficient (Wildman–Crippen LogP) is 2.44. The number of nitrogens with one attached hydrogen (secondary N) is 1. The fraction of sp³-hybridized carbons (Fsp3) is 0.188. The fourth-order valence-corrected chi connectivity index (χ4v) is 2.22. The van der Waals surface area contributed by atoms with Crippen LogP contribution in [0.3, 0.4) is 0 Å². The Morgan fingerprint density at radius 1 is 1.14 bits per heavy atom. The Kier molecular flexibility index (Phi) is 5.20. The zero-order chi connectivity index (χ0) is 15.2. The Bertz CT molecular complexity index is 630. The van der Waals surface area contributed by atoms with E-state index >= 15 is 0 Å². The van der Waals surface area contributed by atoms with Gasteiger partial charge >= 0.3 is 0 Å². The summed E-state index contributed by atoms with van der Waals surface area (Å²) in [5, 5.41) is 22.7. The number of hydrogen-bond donors (Lipinski definition) is 3. The highest BCUT2D eigenvalue weighted by molar-refractivity contribution is 6.31. The van der Waals surface area contributed by atoms with Gasteiger partial charge in [-0.05, 0) is 12.1 Å². The predicted molar refractivity (Wildman–Crippen MR) is 81.2 cm³/mol. The molecule has 4 nitrogen and oxygen atoms in total. The molecule has 2 rings (SSSR count). The quantitative estimate of drug-likeness (QED) is 0.794. The van der Waals surface area contributed by atoms with Crippen LogP contribution in [-0.2, 0) is 11.2 Å². The molecule has 0 bridgehead atoms. The number of para-hydroxylation sites is 1. The highest BCUT2D eigenvalue weighted by Crippen LogP contribution is 2.22. The first kappa shape index (κ1) is 15.4. The fourth-order valence-electron chi connectivity index (χ4n) is 1.96. The number of hydrogen-bond acceptors (Lipinski definition) is 3. The maximum atomic E-state index is 11.8. The lowest BCUT2D eigenvalue weighted by Crippen LogP contribution is -2.29. The van der Waals surface area contributed by atoms with Gasteiger partial charge in [0.2, 0.25) is 5.91 Å². The number of phenols is 1. The van der Waals surface area contributed by atoms with Gasteiger partial charge in [0.25, 0.3) is 0 Å². The second kappa shape index (κ2) is 7.11. The van der Waals surface area contributed by atoms with E-state index < -0.39 is 6.10 Å². The third-order valence-corrected chi connectivity index (χ3v) is 3.44. The van der Waals surface area contributed by atoms with Crippen LogP contribution in [-0.4, -0.2) is 22.7 Å². The second-order valence-corrected chi connectivity index (χ2v) is 5.05. The van der Waals surface area contributed by atoms with Gasteiger partial charge in [-0.1, -0.05) is 48.0 Å². The lowest BCUT2D eigenvalue weighted by atomic mass is 10.1. The number of carbonyl (C=O) groups is 1. The topological polar surface area (TPSA) is 69.6 Å². The van der Waals surface area contributed by atoms with Crippen molar-refractivity contribution in [3.05, 3.63) is 64.7 Å². The van der Waals surface area contributed by atoms with Crippen molar-refractivity contribution in [2.24, 2.45) is 0 Å². The van der Waals surface area contributed by atoms with Crippen LogP contribution in [0.1, 0.15) is 17.2 Å². The molecule has 21 heavy (non-hydrogen) atoms. The van der Waals surface area contributed by atoms with Crippen LogP contribution < -0.4 is 5.32 Å². The molecule has 0 radical (unpaired) electrons. The monoisotopic (exact) mass is 305 g/mol. The van der Waals surface area contributed by atoms with Gasteiger partial charge < -0.3 is 15.5 Å². The van der Waals surface area contributed by atoms with Crippen molar-refractivity contribution in [2.45, 2.75) is 12.5 Å². The number of carbonyl (C=O) groups excluding carboxylic acids is 1. The van der Waals surface area contributed by atoms with Crippen molar-refractivity contribution >= 4 is 17.5 Å². The Morgan fingerprint density at radius 2 is 1.81 bits per heavy atom. The molecule has 0 heterocycles. The molecule has 0 aliphatic heterocycles. The van der Waals surface area contributed by atoms with E-state index in [-0.39, 0.29) is 24.6 Å². The molecule has 2 aromatic carbocycles. The van der Waals surface area contributed by atoms with E-state index in [1.807, 2.05) is 0 Å². The zero-order valence-corrected chi connectivity index (χ0v) is 12.0. The van der Waals surface area contributed by atoms with Crippen molar-refractivity contribution in [1.82, 2.24) is 5.32 Å². The number of aromatic hydroxyl groups is 1. The number of amides is 1. The lowest BCUT2D eigenvalue weighted by Gasteiger charge is -2.13.